The molecule has 1 amide bonds. The van der Waals surface area contributed by atoms with E-state index in [1.54, 1.807) is 33.2 Å². The fourth-order valence-electron chi connectivity index (χ4n) is 6.60. The first-order chi connectivity index (χ1) is 20.6. The number of piperazine rings is 1. The minimum Gasteiger partial charge on any atom is -0.491 e. The van der Waals surface area contributed by atoms with E-state index in [1.165, 1.54) is 11.0 Å². The molecular formula is C31H38F3N7O2. The molecule has 43 heavy (non-hydrogen) atoms. The number of alkyl halides is 2. The van der Waals surface area contributed by atoms with Gasteiger partial charge in [0, 0.05) is 76.8 Å². The molecule has 9 nitrogen and oxygen atoms in total. The lowest BCUT2D eigenvalue weighted by atomic mass is 9.80. The fourth-order valence-corrected chi connectivity index (χ4v) is 6.60. The second kappa shape index (κ2) is 11.1. The van der Waals surface area contributed by atoms with Crippen molar-refractivity contribution in [2.45, 2.75) is 50.7 Å². The molecule has 2 fully saturated rings. The average molecular weight is 598 g/mol. The van der Waals surface area contributed by atoms with Gasteiger partial charge in [-0.1, -0.05) is 6.07 Å². The lowest BCUT2D eigenvalue weighted by molar-refractivity contribution is 0.0449. The predicted molar refractivity (Wildman–Crippen MR) is 156 cm³/mol. The van der Waals surface area contributed by atoms with Crippen LogP contribution in [0.5, 0.6) is 5.75 Å². The van der Waals surface area contributed by atoms with Gasteiger partial charge in [0.25, 0.3) is 11.8 Å². The minimum atomic E-state index is -2.96. The SMILES string of the molecule is CCOc1cc(C(C)N2CC3(CC3(F)F)c3c(CN4CCN(C)CC4)cc(Cn4ccnc4NC)cc3C2=O)ncc1F. The van der Waals surface area contributed by atoms with Crippen LogP contribution in [0.3, 0.4) is 0 Å². The number of pyridine rings is 1. The molecule has 1 saturated carbocycles. The summed E-state index contributed by atoms with van der Waals surface area (Å²) in [5, 5.41) is 3.06. The van der Waals surface area contributed by atoms with Gasteiger partial charge in [0.15, 0.2) is 11.6 Å². The van der Waals surface area contributed by atoms with E-state index in [-0.39, 0.29) is 31.2 Å². The van der Waals surface area contributed by atoms with Gasteiger partial charge in [-0.15, -0.1) is 0 Å². The number of fused-ring (bicyclic) bond motifs is 2. The van der Waals surface area contributed by atoms with E-state index in [0.717, 1.165) is 43.5 Å². The minimum absolute atomic E-state index is 0.0214. The Bertz CT molecular complexity index is 1520. The van der Waals surface area contributed by atoms with E-state index in [9.17, 15) is 9.18 Å². The van der Waals surface area contributed by atoms with Gasteiger partial charge in [0.1, 0.15) is 0 Å². The summed E-state index contributed by atoms with van der Waals surface area (Å²) in [5.74, 6) is -3.22. The second-order valence-electron chi connectivity index (χ2n) is 11.9. The molecular weight excluding hydrogens is 559 g/mol. The first-order valence-corrected chi connectivity index (χ1v) is 14.8. The lowest BCUT2D eigenvalue weighted by Gasteiger charge is -2.40. The van der Waals surface area contributed by atoms with Crippen LogP contribution in [0.2, 0.25) is 0 Å². The Hall–Kier alpha value is -3.64. The number of imidazole rings is 1. The topological polar surface area (TPSA) is 78.8 Å². The van der Waals surface area contributed by atoms with Crippen LogP contribution in [-0.2, 0) is 18.5 Å². The summed E-state index contributed by atoms with van der Waals surface area (Å²) in [6.45, 7) is 7.93. The van der Waals surface area contributed by atoms with Crippen LogP contribution in [0.4, 0.5) is 19.1 Å². The Labute approximate surface area is 249 Å². The zero-order chi connectivity index (χ0) is 30.5. The molecule has 0 radical (unpaired) electrons. The molecule has 1 saturated heterocycles. The fraction of sp³-hybridized carbons (Fsp3) is 0.516. The van der Waals surface area contributed by atoms with Crippen molar-refractivity contribution < 1.29 is 22.7 Å². The summed E-state index contributed by atoms with van der Waals surface area (Å²) in [6.07, 6.45) is 4.26. The first kappa shape index (κ1) is 29.4. The third kappa shape index (κ3) is 5.24. The van der Waals surface area contributed by atoms with Crippen molar-refractivity contribution in [3.05, 3.63) is 70.6 Å². The van der Waals surface area contributed by atoms with Gasteiger partial charge >= 0.3 is 0 Å². The Morgan fingerprint density at radius 2 is 1.86 bits per heavy atom. The van der Waals surface area contributed by atoms with Gasteiger partial charge in [0.05, 0.1) is 36.5 Å². The van der Waals surface area contributed by atoms with Crippen LogP contribution in [0.25, 0.3) is 0 Å². The van der Waals surface area contributed by atoms with Gasteiger partial charge in [-0.25, -0.2) is 18.2 Å². The van der Waals surface area contributed by atoms with Crippen molar-refractivity contribution in [1.29, 1.82) is 0 Å². The van der Waals surface area contributed by atoms with Crippen LogP contribution >= 0.6 is 0 Å². The third-order valence-electron chi connectivity index (χ3n) is 9.11. The summed E-state index contributed by atoms with van der Waals surface area (Å²) < 4.78 is 52.8. The molecule has 4 heterocycles. The zero-order valence-corrected chi connectivity index (χ0v) is 25.0. The lowest BCUT2D eigenvalue weighted by Crippen LogP contribution is -2.48. The highest BCUT2D eigenvalue weighted by molar-refractivity contribution is 5.99. The number of nitrogens with one attached hydrogen (secondary N) is 1. The Morgan fingerprint density at radius 1 is 1.12 bits per heavy atom. The summed E-state index contributed by atoms with van der Waals surface area (Å²) in [7, 11) is 3.86. The van der Waals surface area contributed by atoms with Crippen LogP contribution in [0.1, 0.15) is 59.1 Å². The number of ether oxygens (including phenoxy) is 1. The summed E-state index contributed by atoms with van der Waals surface area (Å²) in [4.78, 5) is 28.8. The molecule has 2 atom stereocenters. The average Bonchev–Trinajstić information content (AvgIpc) is 3.27. The normalized spacial score (nSPS) is 22.5. The number of hydrogen-bond donors (Lipinski definition) is 1. The van der Waals surface area contributed by atoms with E-state index in [0.29, 0.717) is 35.9 Å². The molecule has 230 valence electrons. The van der Waals surface area contributed by atoms with Gasteiger partial charge < -0.3 is 24.4 Å². The number of hydrogen-bond acceptors (Lipinski definition) is 7. The molecule has 6 rings (SSSR count). The van der Waals surface area contributed by atoms with Gasteiger partial charge in [-0.05, 0) is 43.7 Å². The molecule has 3 aliphatic rings. The maximum atomic E-state index is 15.6. The number of carbonyl (C=O) groups excluding carboxylic acids is 1. The molecule has 2 unspecified atom stereocenters. The number of anilines is 1. The maximum absolute atomic E-state index is 15.6. The molecule has 3 aromatic rings. The molecule has 0 bridgehead atoms. The van der Waals surface area contributed by atoms with Crippen LogP contribution in [-0.4, -0.2) is 94.5 Å². The third-order valence-corrected chi connectivity index (χ3v) is 9.11. The molecule has 1 aromatic carbocycles. The van der Waals surface area contributed by atoms with Crippen molar-refractivity contribution in [3.63, 3.8) is 0 Å². The quantitative estimate of drug-likeness (QED) is 0.397. The van der Waals surface area contributed by atoms with E-state index in [1.807, 2.05) is 16.8 Å². The number of benzene rings is 1. The van der Waals surface area contributed by atoms with E-state index >= 15 is 8.78 Å². The number of likely N-dealkylation sites (N-methyl/N-ethyl adjacent to an activating group) is 1. The van der Waals surface area contributed by atoms with Crippen LogP contribution < -0.4 is 10.1 Å². The van der Waals surface area contributed by atoms with Crippen molar-refractivity contribution in [2.75, 3.05) is 58.7 Å². The molecule has 2 aromatic heterocycles. The largest absolute Gasteiger partial charge is 0.491 e. The maximum Gasteiger partial charge on any atom is 0.260 e. The summed E-state index contributed by atoms with van der Waals surface area (Å²) >= 11 is 0. The number of rotatable bonds is 9. The van der Waals surface area contributed by atoms with Gasteiger partial charge in [-0.3, -0.25) is 14.7 Å². The number of amides is 1. The summed E-state index contributed by atoms with van der Waals surface area (Å²) in [5.41, 5.74) is 1.27. The van der Waals surface area contributed by atoms with Crippen LogP contribution in [0, 0.1) is 5.82 Å². The highest BCUT2D eigenvalue weighted by atomic mass is 19.3. The van der Waals surface area contributed by atoms with Crippen LogP contribution in [0.15, 0.2) is 36.8 Å². The number of carbonyl (C=O) groups is 1. The zero-order valence-electron chi connectivity index (χ0n) is 25.0. The van der Waals surface area contributed by atoms with E-state index < -0.39 is 23.2 Å². The first-order valence-electron chi connectivity index (χ1n) is 14.8. The van der Waals surface area contributed by atoms with Crippen molar-refractivity contribution in [3.8, 4) is 5.75 Å². The highest BCUT2D eigenvalue weighted by Crippen LogP contribution is 2.65. The monoisotopic (exact) mass is 597 g/mol. The molecule has 1 aliphatic carbocycles. The molecule has 1 N–H and O–H groups in total. The Morgan fingerprint density at radius 3 is 2.53 bits per heavy atom. The standard InChI is InChI=1S/C31H38F3N7O2/c1-5-43-26-14-25(37-15-24(26)32)20(2)41-19-30(18-31(30,33)34)27-22(17-39-10-8-38(4)9-11-39)12-21(13-23(27)28(41)42)16-40-7-6-36-29(40)35-3/h6-7,12-15,20H,5,8-11,16-19H2,1-4H3,(H,35,36). The van der Waals surface area contributed by atoms with E-state index in [4.69, 9.17) is 4.74 Å². The number of halogens is 3. The molecule has 12 heteroatoms. The number of nitrogens with zero attached hydrogens (tertiary/aromatic N) is 6. The second-order valence-corrected chi connectivity index (χ2v) is 11.9. The van der Waals surface area contributed by atoms with Crippen molar-refractivity contribution in [2.24, 2.45) is 0 Å². The van der Waals surface area contributed by atoms with E-state index in [2.05, 4.69) is 32.1 Å². The van der Waals surface area contributed by atoms with Crippen molar-refractivity contribution >= 4 is 11.9 Å². The highest BCUT2D eigenvalue weighted by Gasteiger charge is 2.75. The number of aromatic nitrogens is 3. The van der Waals surface area contributed by atoms with Gasteiger partial charge in [0.2, 0.25) is 5.95 Å². The van der Waals surface area contributed by atoms with Crippen molar-refractivity contribution in [1.82, 2.24) is 29.2 Å². The smallest absolute Gasteiger partial charge is 0.260 e. The van der Waals surface area contributed by atoms with Gasteiger partial charge in [-0.2, -0.15) is 0 Å². The Kier molecular flexibility index (Phi) is 7.62. The Balaban J connectivity index is 1.44. The summed E-state index contributed by atoms with van der Waals surface area (Å²) in [6, 6.07) is 4.54. The molecule has 2 aliphatic heterocycles. The molecule has 1 spiro atoms. The predicted octanol–water partition coefficient (Wildman–Crippen LogP) is 4.15.